The van der Waals surface area contributed by atoms with E-state index in [1.54, 1.807) is 17.5 Å². The van der Waals surface area contributed by atoms with Crippen molar-refractivity contribution in [2.24, 2.45) is 7.05 Å². The monoisotopic (exact) mass is 323 g/mol. The van der Waals surface area contributed by atoms with Crippen molar-refractivity contribution in [1.82, 2.24) is 25.0 Å². The number of aryl methyl sites for hydroxylation is 2. The van der Waals surface area contributed by atoms with E-state index in [0.717, 1.165) is 36.0 Å². The number of alkyl halides is 1. The number of hydrogen-bond donors (Lipinski definition) is 1. The van der Waals surface area contributed by atoms with E-state index in [-0.39, 0.29) is 6.04 Å². The Morgan fingerprint density at radius 3 is 3.05 bits per heavy atom. The predicted molar refractivity (Wildman–Crippen MR) is 85.5 cm³/mol. The molecule has 5 nitrogen and oxygen atoms in total. The molecule has 22 heavy (non-hydrogen) atoms. The van der Waals surface area contributed by atoms with E-state index in [1.165, 1.54) is 0 Å². The van der Waals surface area contributed by atoms with Crippen LogP contribution in [0.5, 0.6) is 0 Å². The van der Waals surface area contributed by atoms with E-state index in [2.05, 4.69) is 25.7 Å². The average molecular weight is 323 g/mol. The number of nitrogens with zero attached hydrogens (tertiary/aromatic N) is 4. The van der Waals surface area contributed by atoms with Crippen LogP contribution >= 0.6 is 11.3 Å². The first-order valence-electron chi connectivity index (χ1n) is 7.58. The maximum atomic E-state index is 13.8. The molecule has 2 atom stereocenters. The van der Waals surface area contributed by atoms with Gasteiger partial charge >= 0.3 is 0 Å². The minimum atomic E-state index is -0.734. The van der Waals surface area contributed by atoms with E-state index in [9.17, 15) is 4.39 Å². The topological polar surface area (TPSA) is 46.0 Å². The summed E-state index contributed by atoms with van der Waals surface area (Å²) in [6.45, 7) is 4.80. The fourth-order valence-corrected chi connectivity index (χ4v) is 3.66. The zero-order chi connectivity index (χ0) is 15.5. The van der Waals surface area contributed by atoms with Crippen LogP contribution in [0, 0.1) is 6.92 Å². The van der Waals surface area contributed by atoms with Gasteiger partial charge in [0.2, 0.25) is 0 Å². The number of nitrogens with one attached hydrogen (secondary N) is 1. The molecule has 1 aliphatic heterocycles. The summed E-state index contributed by atoms with van der Waals surface area (Å²) in [7, 11) is 1.93. The Labute approximate surface area is 134 Å². The lowest BCUT2D eigenvalue weighted by molar-refractivity contribution is 0.224. The number of rotatable bonds is 6. The summed E-state index contributed by atoms with van der Waals surface area (Å²) in [5, 5.41) is 10.7. The Kier molecular flexibility index (Phi) is 4.85. The van der Waals surface area contributed by atoms with E-state index in [0.29, 0.717) is 13.0 Å². The molecule has 0 aromatic carbocycles. The van der Waals surface area contributed by atoms with Crippen LogP contribution in [-0.2, 0) is 20.1 Å². The van der Waals surface area contributed by atoms with Crippen molar-refractivity contribution in [3.05, 3.63) is 34.0 Å². The van der Waals surface area contributed by atoms with Crippen LogP contribution in [0.25, 0.3) is 0 Å². The van der Waals surface area contributed by atoms with Crippen LogP contribution < -0.4 is 5.32 Å². The van der Waals surface area contributed by atoms with E-state index < -0.39 is 6.17 Å². The molecule has 2 aromatic heterocycles. The molecule has 0 bridgehead atoms. The molecule has 3 heterocycles. The van der Waals surface area contributed by atoms with Crippen molar-refractivity contribution < 1.29 is 4.39 Å². The highest BCUT2D eigenvalue weighted by molar-refractivity contribution is 7.09. The highest BCUT2D eigenvalue weighted by Gasteiger charge is 2.32. The highest BCUT2D eigenvalue weighted by Crippen LogP contribution is 2.22. The average Bonchev–Trinajstić information content (AvgIpc) is 3.15. The fraction of sp³-hybridized carbons (Fsp3) is 0.600. The van der Waals surface area contributed by atoms with E-state index >= 15 is 0 Å². The van der Waals surface area contributed by atoms with Crippen molar-refractivity contribution in [3.63, 3.8) is 0 Å². The highest BCUT2D eigenvalue weighted by atomic mass is 32.1. The minimum absolute atomic E-state index is 0.228. The first kappa shape index (κ1) is 15.6. The molecule has 0 spiro atoms. The van der Waals surface area contributed by atoms with E-state index in [4.69, 9.17) is 0 Å². The zero-order valence-electron chi connectivity index (χ0n) is 13.0. The number of aromatic nitrogens is 3. The largest absolute Gasteiger partial charge is 0.309 e. The molecule has 0 radical (unpaired) electrons. The van der Waals surface area contributed by atoms with Crippen molar-refractivity contribution >= 4 is 11.3 Å². The van der Waals surface area contributed by atoms with Gasteiger partial charge in [-0.3, -0.25) is 9.58 Å². The summed E-state index contributed by atoms with van der Waals surface area (Å²) < 4.78 is 15.7. The van der Waals surface area contributed by atoms with Crippen LogP contribution in [0.2, 0.25) is 0 Å². The molecule has 0 amide bonds. The van der Waals surface area contributed by atoms with Gasteiger partial charge in [0.1, 0.15) is 11.2 Å². The second-order valence-corrected chi connectivity index (χ2v) is 6.82. The molecule has 3 rings (SSSR count). The lowest BCUT2D eigenvalue weighted by Crippen LogP contribution is -2.37. The maximum absolute atomic E-state index is 13.8. The van der Waals surface area contributed by atoms with Gasteiger partial charge < -0.3 is 5.32 Å². The molecule has 0 unspecified atom stereocenters. The van der Waals surface area contributed by atoms with Gasteiger partial charge in [-0.15, -0.1) is 11.3 Å². The molecule has 1 saturated heterocycles. The summed E-state index contributed by atoms with van der Waals surface area (Å²) in [5.41, 5.74) is 2.18. The lowest BCUT2D eigenvalue weighted by Gasteiger charge is -2.24. The van der Waals surface area contributed by atoms with Crippen LogP contribution in [0.3, 0.4) is 0 Å². The summed E-state index contributed by atoms with van der Waals surface area (Å²) in [5.74, 6) is 0. The first-order chi connectivity index (χ1) is 10.6. The summed E-state index contributed by atoms with van der Waals surface area (Å²) in [4.78, 5) is 6.65. The third kappa shape index (κ3) is 3.71. The lowest BCUT2D eigenvalue weighted by atomic mass is 10.2. The Hall–Kier alpha value is -1.31. The zero-order valence-corrected chi connectivity index (χ0v) is 13.8. The third-order valence-corrected chi connectivity index (χ3v) is 5.05. The normalized spacial score (nSPS) is 22.5. The predicted octanol–water partition coefficient (Wildman–Crippen LogP) is 1.89. The Balaban J connectivity index is 1.53. The Bertz CT molecular complexity index is 611. The van der Waals surface area contributed by atoms with E-state index in [1.807, 2.05) is 24.7 Å². The van der Waals surface area contributed by atoms with Gasteiger partial charge in [0.15, 0.2) is 0 Å². The number of hydrogen-bond acceptors (Lipinski definition) is 5. The summed E-state index contributed by atoms with van der Waals surface area (Å²) in [6.07, 6.45) is 1.65. The molecule has 120 valence electrons. The third-order valence-electron chi connectivity index (χ3n) is 4.09. The van der Waals surface area contributed by atoms with Gasteiger partial charge in [-0.2, -0.15) is 5.10 Å². The molecule has 0 aliphatic carbocycles. The molecule has 0 saturated carbocycles. The number of thiazole rings is 1. The van der Waals surface area contributed by atoms with Crippen molar-refractivity contribution in [1.29, 1.82) is 0 Å². The number of likely N-dealkylation sites (tertiary alicyclic amines) is 1. The molecular formula is C15H22FN5S. The van der Waals surface area contributed by atoms with Gasteiger partial charge in [-0.05, 0) is 19.4 Å². The molecule has 1 fully saturated rings. The van der Waals surface area contributed by atoms with Gasteiger partial charge in [-0.25, -0.2) is 9.37 Å². The first-order valence-corrected chi connectivity index (χ1v) is 8.46. The summed E-state index contributed by atoms with van der Waals surface area (Å²) >= 11 is 1.67. The van der Waals surface area contributed by atoms with Crippen molar-refractivity contribution in [3.8, 4) is 0 Å². The van der Waals surface area contributed by atoms with Crippen molar-refractivity contribution in [2.75, 3.05) is 13.1 Å². The Morgan fingerprint density at radius 1 is 1.50 bits per heavy atom. The standard InChI is InChI=1S/C15H22FN5S/c1-11-10-22-15(19-11)7-17-6-14-5-12(16)8-21(14)9-13-3-4-18-20(13)2/h3-4,10,12,14,17H,5-9H2,1-2H3/t12-,14-/m0/s1. The molecule has 7 heteroatoms. The fourth-order valence-electron chi connectivity index (χ4n) is 2.92. The van der Waals surface area contributed by atoms with Gasteiger partial charge in [0.25, 0.3) is 0 Å². The number of halogens is 1. The maximum Gasteiger partial charge on any atom is 0.114 e. The molecule has 2 aromatic rings. The summed E-state index contributed by atoms with van der Waals surface area (Å²) in [6, 6.07) is 2.22. The van der Waals surface area contributed by atoms with Gasteiger partial charge in [-0.1, -0.05) is 0 Å². The Morgan fingerprint density at radius 2 is 2.36 bits per heavy atom. The van der Waals surface area contributed by atoms with Crippen molar-refractivity contribution in [2.45, 2.75) is 38.6 Å². The van der Waals surface area contributed by atoms with Crippen LogP contribution in [-0.4, -0.2) is 45.0 Å². The quantitative estimate of drug-likeness (QED) is 0.882. The molecular weight excluding hydrogens is 301 g/mol. The second-order valence-electron chi connectivity index (χ2n) is 5.88. The van der Waals surface area contributed by atoms with Gasteiger partial charge in [0, 0.05) is 56.5 Å². The molecule has 1 aliphatic rings. The second kappa shape index (κ2) is 6.85. The van der Waals surface area contributed by atoms with Crippen LogP contribution in [0.15, 0.2) is 17.6 Å². The van der Waals surface area contributed by atoms with Crippen LogP contribution in [0.1, 0.15) is 22.8 Å². The minimum Gasteiger partial charge on any atom is -0.309 e. The molecule has 1 N–H and O–H groups in total. The SMILES string of the molecule is Cc1csc(CNC[C@@H]2C[C@H](F)CN2Cc2ccnn2C)n1. The van der Waals surface area contributed by atoms with Crippen LogP contribution in [0.4, 0.5) is 4.39 Å². The van der Waals surface area contributed by atoms with Gasteiger partial charge in [0.05, 0.1) is 5.69 Å². The smallest absolute Gasteiger partial charge is 0.114 e.